The molecule has 25 heteroatoms. The minimum Gasteiger partial charge on any atom is -0.475 e. The van der Waals surface area contributed by atoms with Gasteiger partial charge in [-0.05, 0) is 44.1 Å². The minimum absolute atomic E-state index is 0.191. The Morgan fingerprint density at radius 1 is 0.733 bits per heavy atom. The van der Waals surface area contributed by atoms with Crippen molar-refractivity contribution < 1.29 is 97.5 Å². The number of carboxylic acid groups (broad SMARTS) is 3. The number of halogens is 10. The number of benzene rings is 1. The number of methoxy groups -OCH3 is 1. The van der Waals surface area contributed by atoms with Crippen molar-refractivity contribution >= 4 is 41.6 Å². The van der Waals surface area contributed by atoms with E-state index in [4.69, 9.17) is 40.2 Å². The van der Waals surface area contributed by atoms with E-state index in [0.717, 1.165) is 18.4 Å². The minimum atomic E-state index is -5.08. The summed E-state index contributed by atoms with van der Waals surface area (Å²) >= 11 is 0. The van der Waals surface area contributed by atoms with Crippen molar-refractivity contribution in [3.8, 4) is 0 Å². The second-order valence-electron chi connectivity index (χ2n) is 12.6. The molecule has 1 aromatic carbocycles. The van der Waals surface area contributed by atoms with Crippen LogP contribution in [-0.4, -0.2) is 125 Å². The number of nitrogens with zero attached hydrogens (tertiary/aromatic N) is 1. The number of amides is 3. The number of likely N-dealkylation sites (tertiary alicyclic amines) is 1. The Morgan fingerprint density at radius 3 is 1.57 bits per heavy atom. The summed E-state index contributed by atoms with van der Waals surface area (Å²) in [7, 11) is 1.36. The number of carbonyl (C=O) groups excluding carboxylic acids is 4. The van der Waals surface area contributed by atoms with E-state index >= 15 is 0 Å². The largest absolute Gasteiger partial charge is 0.490 e. The molecule has 7 N–H and O–H groups in total. The number of nitrogens with one attached hydrogen (secondary N) is 2. The van der Waals surface area contributed by atoms with E-state index in [-0.39, 0.29) is 17.8 Å². The molecule has 1 fully saturated rings. The third-order valence-electron chi connectivity index (χ3n) is 7.92. The number of carboxylic acids is 3. The van der Waals surface area contributed by atoms with Gasteiger partial charge < -0.3 is 41.3 Å². The van der Waals surface area contributed by atoms with Gasteiger partial charge in [0.1, 0.15) is 12.1 Å². The fourth-order valence-corrected chi connectivity index (χ4v) is 4.79. The van der Waals surface area contributed by atoms with Crippen molar-refractivity contribution in [3.05, 3.63) is 35.9 Å². The molecule has 0 bridgehead atoms. The Labute approximate surface area is 337 Å². The first-order valence-electron chi connectivity index (χ1n) is 17.9. The van der Waals surface area contributed by atoms with E-state index in [0.29, 0.717) is 64.5 Å². The van der Waals surface area contributed by atoms with E-state index in [1.807, 2.05) is 37.3 Å². The number of rotatable bonds is 16. The number of aliphatic carboxylic acids is 3. The lowest BCUT2D eigenvalue weighted by Crippen LogP contribution is -2.57. The molecule has 344 valence electrons. The topological polar surface area (TPSA) is 243 Å². The number of unbranched alkanes of at least 4 members (excludes halogenated alkanes) is 3. The number of nitrogens with two attached hydrogens (primary N) is 1. The van der Waals surface area contributed by atoms with Gasteiger partial charge in [0.25, 0.3) is 0 Å². The van der Waals surface area contributed by atoms with Gasteiger partial charge in [-0.25, -0.2) is 14.4 Å². The maximum Gasteiger partial charge on any atom is 0.490 e. The first-order valence-corrected chi connectivity index (χ1v) is 17.9. The van der Waals surface area contributed by atoms with E-state index in [9.17, 15) is 63.1 Å². The van der Waals surface area contributed by atoms with Crippen LogP contribution in [0.15, 0.2) is 30.3 Å². The monoisotopic (exact) mass is 890 g/mol. The standard InChI is InChI=1S/C29H45FN4O5.3C2HF3O2/c1-3-4-13-25(28(37)34-18-15-22(16-19-34)29(38)39-2)33-27(36)24(14-9-6-10-17-30)32-26(35)23(31)20-21-11-7-5-8-12-21;3*3-2(4,5)1(6)7/h5,7-8,11-12,22-25H,3-4,6,9-10,13-20,31H2,1-2H3,(H,32,35)(H,33,36);3*(H,6,7)/t23-,24-,25?;;;/m1.../s1. The van der Waals surface area contributed by atoms with Gasteiger partial charge in [-0.15, -0.1) is 0 Å². The van der Waals surface area contributed by atoms with Crippen molar-refractivity contribution in [1.29, 1.82) is 0 Å². The molecule has 1 aliphatic heterocycles. The highest BCUT2D eigenvalue weighted by Crippen LogP contribution is 2.20. The zero-order chi connectivity index (χ0) is 46.9. The van der Waals surface area contributed by atoms with Crippen molar-refractivity contribution in [3.63, 3.8) is 0 Å². The highest BCUT2D eigenvalue weighted by Gasteiger charge is 2.40. The first-order chi connectivity index (χ1) is 27.6. The van der Waals surface area contributed by atoms with Crippen LogP contribution in [0.2, 0.25) is 0 Å². The fraction of sp³-hybridized carbons (Fsp3) is 0.629. The predicted molar refractivity (Wildman–Crippen MR) is 188 cm³/mol. The SMILES string of the molecule is CCCCC(NC(=O)[C@@H](CCCCCF)NC(=O)[C@H](N)Cc1ccccc1)C(=O)N1CCC(C(=O)OC)CC1.O=C(O)C(F)(F)F.O=C(O)C(F)(F)F.O=C(O)C(F)(F)F. The van der Waals surface area contributed by atoms with Crippen LogP contribution in [0.4, 0.5) is 43.9 Å². The Bertz CT molecular complexity index is 1430. The molecular formula is C35H48F10N4O11. The molecule has 0 aromatic heterocycles. The highest BCUT2D eigenvalue weighted by atomic mass is 19.4. The third-order valence-corrected chi connectivity index (χ3v) is 7.92. The first kappa shape index (κ1) is 56.9. The van der Waals surface area contributed by atoms with E-state index < -0.39 is 73.1 Å². The predicted octanol–water partition coefficient (Wildman–Crippen LogP) is 4.56. The zero-order valence-electron chi connectivity index (χ0n) is 32.3. The Hall–Kier alpha value is -5.23. The lowest BCUT2D eigenvalue weighted by molar-refractivity contribution is -0.193. The van der Waals surface area contributed by atoms with E-state index in [1.54, 1.807) is 4.90 Å². The summed E-state index contributed by atoms with van der Waals surface area (Å²) in [6, 6.07) is 6.90. The Balaban J connectivity index is 0. The number of carbonyl (C=O) groups is 7. The molecule has 0 saturated carbocycles. The normalized spacial score (nSPS) is 14.4. The van der Waals surface area contributed by atoms with Crippen LogP contribution in [0.25, 0.3) is 0 Å². The lowest BCUT2D eigenvalue weighted by Gasteiger charge is -2.34. The number of hydrogen-bond acceptors (Lipinski definition) is 9. The zero-order valence-corrected chi connectivity index (χ0v) is 32.3. The van der Waals surface area contributed by atoms with Gasteiger partial charge in [0.2, 0.25) is 17.7 Å². The lowest BCUT2D eigenvalue weighted by atomic mass is 9.96. The highest BCUT2D eigenvalue weighted by molar-refractivity contribution is 5.93. The van der Waals surface area contributed by atoms with Gasteiger partial charge in [0, 0.05) is 13.1 Å². The average Bonchev–Trinajstić information content (AvgIpc) is 3.16. The Morgan fingerprint density at radius 2 is 1.17 bits per heavy atom. The van der Waals surface area contributed by atoms with Crippen molar-refractivity contribution in [1.82, 2.24) is 15.5 Å². The summed E-state index contributed by atoms with van der Waals surface area (Å²) in [6.07, 6.45) is -10.0. The number of hydrogen-bond donors (Lipinski definition) is 6. The van der Waals surface area contributed by atoms with Crippen LogP contribution in [0.1, 0.15) is 70.3 Å². The van der Waals surface area contributed by atoms with Crippen LogP contribution in [-0.2, 0) is 44.7 Å². The molecule has 3 atom stereocenters. The smallest absolute Gasteiger partial charge is 0.475 e. The van der Waals surface area contributed by atoms with Gasteiger partial charge >= 0.3 is 42.4 Å². The third kappa shape index (κ3) is 25.3. The molecule has 15 nitrogen and oxygen atoms in total. The molecule has 1 aromatic rings. The van der Waals surface area contributed by atoms with Crippen LogP contribution in [0.3, 0.4) is 0 Å². The van der Waals surface area contributed by atoms with Crippen molar-refractivity contribution in [2.75, 3.05) is 26.9 Å². The van der Waals surface area contributed by atoms with Crippen LogP contribution < -0.4 is 16.4 Å². The summed E-state index contributed by atoms with van der Waals surface area (Å²) in [6.45, 7) is 2.39. The van der Waals surface area contributed by atoms with Crippen molar-refractivity contribution in [2.45, 2.75) is 108 Å². The summed E-state index contributed by atoms with van der Waals surface area (Å²) in [5.41, 5.74) is 7.05. The maximum absolute atomic E-state index is 13.4. The molecule has 1 saturated heterocycles. The van der Waals surface area contributed by atoms with E-state index in [1.165, 1.54) is 7.11 Å². The number of piperidine rings is 1. The number of ether oxygens (including phenoxy) is 1. The second-order valence-corrected chi connectivity index (χ2v) is 12.6. The summed E-state index contributed by atoms with van der Waals surface area (Å²) in [4.78, 5) is 79.9. The van der Waals surface area contributed by atoms with Gasteiger partial charge in [-0.3, -0.25) is 23.6 Å². The van der Waals surface area contributed by atoms with Crippen LogP contribution in [0.5, 0.6) is 0 Å². The maximum atomic E-state index is 13.4. The molecule has 0 aliphatic carbocycles. The van der Waals surface area contributed by atoms with Gasteiger partial charge in [-0.1, -0.05) is 62.9 Å². The molecule has 1 heterocycles. The Kier molecular flexibility index (Phi) is 26.8. The summed E-state index contributed by atoms with van der Waals surface area (Å²) in [5.74, 6) is -9.86. The number of alkyl halides is 10. The van der Waals surface area contributed by atoms with Crippen LogP contribution in [0, 0.1) is 5.92 Å². The molecule has 0 spiro atoms. The van der Waals surface area contributed by atoms with E-state index in [2.05, 4.69) is 10.6 Å². The molecule has 0 radical (unpaired) electrons. The number of esters is 1. The molecular weight excluding hydrogens is 842 g/mol. The molecule has 3 amide bonds. The average molecular weight is 891 g/mol. The van der Waals surface area contributed by atoms with Gasteiger partial charge in [-0.2, -0.15) is 39.5 Å². The van der Waals surface area contributed by atoms with Gasteiger partial charge in [0.15, 0.2) is 0 Å². The molecule has 60 heavy (non-hydrogen) atoms. The molecule has 2 rings (SSSR count). The molecule has 1 aliphatic rings. The molecule has 1 unspecified atom stereocenters. The van der Waals surface area contributed by atoms with Gasteiger partial charge in [0.05, 0.1) is 25.7 Å². The quantitative estimate of drug-likeness (QED) is 0.0761. The fourth-order valence-electron chi connectivity index (χ4n) is 4.79. The summed E-state index contributed by atoms with van der Waals surface area (Å²) < 4.78 is 113. The van der Waals surface area contributed by atoms with Crippen molar-refractivity contribution in [2.24, 2.45) is 11.7 Å². The van der Waals surface area contributed by atoms with Crippen LogP contribution >= 0.6 is 0 Å². The summed E-state index contributed by atoms with van der Waals surface area (Å²) in [5, 5.41) is 27.0. The second kappa shape index (κ2) is 28.3.